The standard InChI is InChI=1S/C18H17NO2/c20-18-19(13-7-10-15-8-3-1-4-9-15)17(14-21-18)16-11-5-2-6-12-16/h1-12,17H,13-14H2/t17-/m1/s1. The highest BCUT2D eigenvalue weighted by molar-refractivity contribution is 5.71. The van der Waals surface area contributed by atoms with E-state index in [9.17, 15) is 4.79 Å². The maximum Gasteiger partial charge on any atom is 0.410 e. The molecule has 0 aromatic heterocycles. The Morgan fingerprint density at radius 3 is 2.43 bits per heavy atom. The van der Waals surface area contributed by atoms with Gasteiger partial charge in [0.05, 0.1) is 6.04 Å². The highest BCUT2D eigenvalue weighted by Crippen LogP contribution is 2.27. The van der Waals surface area contributed by atoms with E-state index in [1.54, 1.807) is 4.90 Å². The molecule has 1 atom stereocenters. The minimum atomic E-state index is -0.249. The maximum absolute atomic E-state index is 11.9. The number of nitrogens with zero attached hydrogens (tertiary/aromatic N) is 1. The van der Waals surface area contributed by atoms with E-state index in [1.807, 2.05) is 72.8 Å². The maximum atomic E-state index is 11.9. The molecule has 3 rings (SSSR count). The van der Waals surface area contributed by atoms with Gasteiger partial charge in [0.1, 0.15) is 6.61 Å². The van der Waals surface area contributed by atoms with Crippen LogP contribution < -0.4 is 0 Å². The first-order valence-electron chi connectivity index (χ1n) is 7.04. The summed E-state index contributed by atoms with van der Waals surface area (Å²) in [5.74, 6) is 0. The molecule has 2 aromatic carbocycles. The van der Waals surface area contributed by atoms with E-state index in [0.29, 0.717) is 13.2 Å². The first kappa shape index (κ1) is 13.4. The van der Waals surface area contributed by atoms with Crippen LogP contribution in [-0.2, 0) is 4.74 Å². The summed E-state index contributed by atoms with van der Waals surface area (Å²) in [5.41, 5.74) is 2.23. The van der Waals surface area contributed by atoms with Gasteiger partial charge in [-0.3, -0.25) is 4.90 Å². The number of hydrogen-bond acceptors (Lipinski definition) is 2. The summed E-state index contributed by atoms with van der Waals surface area (Å²) in [4.78, 5) is 13.6. The monoisotopic (exact) mass is 279 g/mol. The van der Waals surface area contributed by atoms with Crippen molar-refractivity contribution in [1.29, 1.82) is 0 Å². The summed E-state index contributed by atoms with van der Waals surface area (Å²) in [6.45, 7) is 0.968. The van der Waals surface area contributed by atoms with Gasteiger partial charge in [-0.05, 0) is 11.1 Å². The Morgan fingerprint density at radius 1 is 1.05 bits per heavy atom. The number of carbonyl (C=O) groups is 1. The highest BCUT2D eigenvalue weighted by Gasteiger charge is 2.32. The molecule has 0 spiro atoms. The summed E-state index contributed by atoms with van der Waals surface area (Å²) in [6, 6.07) is 20.0. The Hall–Kier alpha value is -2.55. The molecule has 0 unspecified atom stereocenters. The van der Waals surface area contributed by atoms with Crippen LogP contribution in [0.25, 0.3) is 6.08 Å². The second-order valence-electron chi connectivity index (χ2n) is 4.97. The van der Waals surface area contributed by atoms with Crippen molar-refractivity contribution in [1.82, 2.24) is 4.90 Å². The lowest BCUT2D eigenvalue weighted by molar-refractivity contribution is 0.160. The molecule has 2 aromatic rings. The van der Waals surface area contributed by atoms with Crippen LogP contribution in [0.15, 0.2) is 66.7 Å². The molecule has 0 aliphatic carbocycles. The van der Waals surface area contributed by atoms with Crippen molar-refractivity contribution in [3.05, 3.63) is 77.9 Å². The molecular weight excluding hydrogens is 262 g/mol. The molecule has 0 radical (unpaired) electrons. The first-order chi connectivity index (χ1) is 10.3. The molecule has 1 saturated heterocycles. The van der Waals surface area contributed by atoms with E-state index in [0.717, 1.165) is 11.1 Å². The molecule has 0 bridgehead atoms. The average Bonchev–Trinajstić information content (AvgIpc) is 2.91. The van der Waals surface area contributed by atoms with Gasteiger partial charge in [-0.2, -0.15) is 0 Å². The highest BCUT2D eigenvalue weighted by atomic mass is 16.6. The van der Waals surface area contributed by atoms with E-state index in [4.69, 9.17) is 4.74 Å². The van der Waals surface area contributed by atoms with Crippen LogP contribution in [0.2, 0.25) is 0 Å². The molecule has 1 amide bonds. The smallest absolute Gasteiger partial charge is 0.410 e. The van der Waals surface area contributed by atoms with E-state index in [-0.39, 0.29) is 12.1 Å². The molecule has 0 N–H and O–H groups in total. The van der Waals surface area contributed by atoms with Crippen molar-refractivity contribution in [3.63, 3.8) is 0 Å². The Labute approximate surface area is 124 Å². The van der Waals surface area contributed by atoms with E-state index < -0.39 is 0 Å². The van der Waals surface area contributed by atoms with Gasteiger partial charge in [0.2, 0.25) is 0 Å². The second-order valence-corrected chi connectivity index (χ2v) is 4.97. The summed E-state index contributed by atoms with van der Waals surface area (Å²) in [6.07, 6.45) is 3.77. The van der Waals surface area contributed by atoms with Crippen molar-refractivity contribution >= 4 is 12.2 Å². The third-order valence-corrected chi connectivity index (χ3v) is 3.57. The quantitative estimate of drug-likeness (QED) is 0.849. The topological polar surface area (TPSA) is 29.5 Å². The Balaban J connectivity index is 1.70. The van der Waals surface area contributed by atoms with Gasteiger partial charge in [-0.1, -0.05) is 72.8 Å². The number of rotatable bonds is 4. The van der Waals surface area contributed by atoms with Crippen LogP contribution in [-0.4, -0.2) is 24.1 Å². The van der Waals surface area contributed by atoms with Gasteiger partial charge in [-0.25, -0.2) is 4.79 Å². The minimum Gasteiger partial charge on any atom is -0.447 e. The van der Waals surface area contributed by atoms with Gasteiger partial charge >= 0.3 is 6.09 Å². The molecule has 106 valence electrons. The Kier molecular flexibility index (Phi) is 4.01. The number of carbonyl (C=O) groups excluding carboxylic acids is 1. The number of benzene rings is 2. The molecule has 1 heterocycles. The van der Waals surface area contributed by atoms with Crippen LogP contribution >= 0.6 is 0 Å². The van der Waals surface area contributed by atoms with Crippen LogP contribution in [0.5, 0.6) is 0 Å². The summed E-state index contributed by atoms with van der Waals surface area (Å²) in [5, 5.41) is 0. The first-order valence-corrected chi connectivity index (χ1v) is 7.04. The number of hydrogen-bond donors (Lipinski definition) is 0. The SMILES string of the molecule is O=C1OC[C@H](c2ccccc2)N1CC=Cc1ccccc1. The van der Waals surface area contributed by atoms with Crippen molar-refractivity contribution < 1.29 is 9.53 Å². The van der Waals surface area contributed by atoms with Crippen molar-refractivity contribution in [2.45, 2.75) is 6.04 Å². The molecule has 1 aliphatic heterocycles. The van der Waals surface area contributed by atoms with Crippen molar-refractivity contribution in [3.8, 4) is 0 Å². The molecule has 0 saturated carbocycles. The minimum absolute atomic E-state index is 0.000812. The van der Waals surface area contributed by atoms with Crippen molar-refractivity contribution in [2.75, 3.05) is 13.2 Å². The number of ether oxygens (including phenoxy) is 1. The predicted octanol–water partition coefficient (Wildman–Crippen LogP) is 3.89. The van der Waals surface area contributed by atoms with Crippen LogP contribution in [0, 0.1) is 0 Å². The molecule has 3 heteroatoms. The van der Waals surface area contributed by atoms with Crippen LogP contribution in [0.4, 0.5) is 4.79 Å². The zero-order valence-corrected chi connectivity index (χ0v) is 11.7. The molecule has 1 aliphatic rings. The Bertz CT molecular complexity index is 622. The largest absolute Gasteiger partial charge is 0.447 e. The normalized spacial score (nSPS) is 18.2. The average molecular weight is 279 g/mol. The number of amides is 1. The third kappa shape index (κ3) is 3.14. The lowest BCUT2D eigenvalue weighted by Crippen LogP contribution is -2.27. The fourth-order valence-corrected chi connectivity index (χ4v) is 2.47. The molecule has 1 fully saturated rings. The van der Waals surface area contributed by atoms with Gasteiger partial charge in [0.15, 0.2) is 0 Å². The van der Waals surface area contributed by atoms with E-state index in [1.165, 1.54) is 0 Å². The van der Waals surface area contributed by atoms with Crippen molar-refractivity contribution in [2.24, 2.45) is 0 Å². The van der Waals surface area contributed by atoms with Gasteiger partial charge in [0, 0.05) is 6.54 Å². The molecular formula is C18H17NO2. The van der Waals surface area contributed by atoms with E-state index in [2.05, 4.69) is 0 Å². The fourth-order valence-electron chi connectivity index (χ4n) is 2.47. The zero-order valence-electron chi connectivity index (χ0n) is 11.7. The van der Waals surface area contributed by atoms with E-state index >= 15 is 0 Å². The third-order valence-electron chi connectivity index (χ3n) is 3.57. The van der Waals surface area contributed by atoms with Crippen LogP contribution in [0.1, 0.15) is 17.2 Å². The fraction of sp³-hybridized carbons (Fsp3) is 0.167. The second kappa shape index (κ2) is 6.27. The summed E-state index contributed by atoms with van der Waals surface area (Å²) in [7, 11) is 0. The predicted molar refractivity (Wildman–Crippen MR) is 82.7 cm³/mol. The molecule has 21 heavy (non-hydrogen) atoms. The van der Waals surface area contributed by atoms with Gasteiger partial charge in [-0.15, -0.1) is 0 Å². The molecule has 3 nitrogen and oxygen atoms in total. The lowest BCUT2D eigenvalue weighted by Gasteiger charge is -2.19. The lowest BCUT2D eigenvalue weighted by atomic mass is 10.1. The number of cyclic esters (lactones) is 1. The summed E-state index contributed by atoms with van der Waals surface area (Å²) >= 11 is 0. The van der Waals surface area contributed by atoms with Gasteiger partial charge < -0.3 is 4.74 Å². The summed E-state index contributed by atoms with van der Waals surface area (Å²) < 4.78 is 5.19. The zero-order chi connectivity index (χ0) is 14.5. The van der Waals surface area contributed by atoms with Crippen LogP contribution in [0.3, 0.4) is 0 Å². The van der Waals surface area contributed by atoms with Gasteiger partial charge in [0.25, 0.3) is 0 Å². The Morgan fingerprint density at radius 2 is 1.71 bits per heavy atom.